The van der Waals surface area contributed by atoms with E-state index in [2.05, 4.69) is 15.3 Å². The van der Waals surface area contributed by atoms with E-state index in [0.717, 1.165) is 36.8 Å². The van der Waals surface area contributed by atoms with E-state index in [-0.39, 0.29) is 41.7 Å². The zero-order chi connectivity index (χ0) is 22.3. The van der Waals surface area contributed by atoms with Gasteiger partial charge in [0.15, 0.2) is 16.5 Å². The molecular formula is C22H22ClN3O5S. The molecule has 2 aliphatic rings. The molecule has 0 unspecified atom stereocenters. The second kappa shape index (κ2) is 8.46. The number of aromatic nitrogens is 2. The van der Waals surface area contributed by atoms with Gasteiger partial charge in [-0.1, -0.05) is 11.6 Å². The lowest BCUT2D eigenvalue weighted by atomic mass is 9.86. The topological polar surface area (TPSA) is 111 Å². The summed E-state index contributed by atoms with van der Waals surface area (Å²) in [7, 11) is -3.58. The second-order valence-electron chi connectivity index (χ2n) is 8.27. The van der Waals surface area contributed by atoms with Gasteiger partial charge in [0.2, 0.25) is 9.84 Å². The van der Waals surface area contributed by atoms with Crippen molar-refractivity contribution in [1.82, 2.24) is 15.3 Å². The number of nitrogens with zero attached hydrogens (tertiary/aromatic N) is 2. The molecule has 10 heteroatoms. The van der Waals surface area contributed by atoms with Crippen LogP contribution in [-0.4, -0.2) is 48.8 Å². The Labute approximate surface area is 190 Å². The number of carbonyl (C=O) groups is 1. The van der Waals surface area contributed by atoms with E-state index in [9.17, 15) is 13.2 Å². The van der Waals surface area contributed by atoms with Gasteiger partial charge >= 0.3 is 0 Å². The Bertz CT molecular complexity index is 1260. The van der Waals surface area contributed by atoms with E-state index in [4.69, 9.17) is 20.8 Å². The molecule has 1 saturated heterocycles. The number of benzene rings is 1. The minimum Gasteiger partial charge on any atom is -0.440 e. The predicted molar refractivity (Wildman–Crippen MR) is 118 cm³/mol. The third-order valence-corrected chi connectivity index (χ3v) is 8.30. The third-order valence-electron chi connectivity index (χ3n) is 6.11. The molecule has 1 aliphatic heterocycles. The number of ether oxygens (including phenoxy) is 1. The maximum absolute atomic E-state index is 12.7. The average molecular weight is 476 g/mol. The SMILES string of the molecule is O=C(NC1CCC(c2nc3cc(Cl)ccc3o2)CC1)c1ccnc(S(=O)(=O)C2COC2)c1. The molecule has 1 aromatic carbocycles. The third kappa shape index (κ3) is 4.12. The van der Waals surface area contributed by atoms with Crippen molar-refractivity contribution in [3.63, 3.8) is 0 Å². The number of oxazole rings is 1. The highest BCUT2D eigenvalue weighted by molar-refractivity contribution is 7.92. The van der Waals surface area contributed by atoms with Crippen molar-refractivity contribution in [3.8, 4) is 0 Å². The molecule has 32 heavy (non-hydrogen) atoms. The van der Waals surface area contributed by atoms with Gasteiger partial charge in [0.1, 0.15) is 10.8 Å². The van der Waals surface area contributed by atoms with Gasteiger partial charge < -0.3 is 14.5 Å². The summed E-state index contributed by atoms with van der Waals surface area (Å²) in [5, 5.41) is 2.97. The van der Waals surface area contributed by atoms with Crippen LogP contribution < -0.4 is 5.32 Å². The van der Waals surface area contributed by atoms with Crippen LogP contribution in [0.5, 0.6) is 0 Å². The molecule has 5 rings (SSSR count). The Balaban J connectivity index is 1.21. The highest BCUT2D eigenvalue weighted by Crippen LogP contribution is 2.34. The van der Waals surface area contributed by atoms with Crippen molar-refractivity contribution in [2.75, 3.05) is 13.2 Å². The van der Waals surface area contributed by atoms with Crippen LogP contribution >= 0.6 is 11.6 Å². The van der Waals surface area contributed by atoms with E-state index in [1.807, 2.05) is 6.07 Å². The van der Waals surface area contributed by atoms with E-state index < -0.39 is 15.1 Å². The van der Waals surface area contributed by atoms with E-state index in [1.165, 1.54) is 18.3 Å². The molecule has 0 spiro atoms. The van der Waals surface area contributed by atoms with E-state index in [1.54, 1.807) is 12.1 Å². The average Bonchev–Trinajstić information content (AvgIpc) is 3.16. The molecule has 1 N–H and O–H groups in total. The number of fused-ring (bicyclic) bond motifs is 1. The summed E-state index contributed by atoms with van der Waals surface area (Å²) in [6.45, 7) is 0.327. The summed E-state index contributed by atoms with van der Waals surface area (Å²) in [6.07, 6.45) is 4.60. The number of hydrogen-bond donors (Lipinski definition) is 1. The monoisotopic (exact) mass is 475 g/mol. The Kier molecular flexibility index (Phi) is 5.65. The largest absolute Gasteiger partial charge is 0.440 e. The summed E-state index contributed by atoms with van der Waals surface area (Å²) >= 11 is 6.03. The fraction of sp³-hybridized carbons (Fsp3) is 0.409. The number of carbonyl (C=O) groups excluding carboxylic acids is 1. The van der Waals surface area contributed by atoms with Crippen LogP contribution in [0.1, 0.15) is 47.8 Å². The molecule has 1 saturated carbocycles. The fourth-order valence-electron chi connectivity index (χ4n) is 4.12. The zero-order valence-electron chi connectivity index (χ0n) is 17.2. The van der Waals surface area contributed by atoms with Gasteiger partial charge in [-0.15, -0.1) is 0 Å². The van der Waals surface area contributed by atoms with Crippen LogP contribution in [0.4, 0.5) is 0 Å². The second-order valence-corrected chi connectivity index (χ2v) is 10.9. The molecular weight excluding hydrogens is 454 g/mol. The van der Waals surface area contributed by atoms with Crippen molar-refractivity contribution in [3.05, 3.63) is 53.0 Å². The first-order valence-corrected chi connectivity index (χ1v) is 12.5. The molecule has 2 aromatic heterocycles. The lowest BCUT2D eigenvalue weighted by Gasteiger charge is -2.27. The molecule has 3 heterocycles. The summed E-state index contributed by atoms with van der Waals surface area (Å²) in [4.78, 5) is 21.3. The minimum atomic E-state index is -3.58. The maximum Gasteiger partial charge on any atom is 0.251 e. The van der Waals surface area contributed by atoms with Gasteiger partial charge in [-0.2, -0.15) is 0 Å². The molecule has 2 fully saturated rings. The minimum absolute atomic E-state index is 0.00540. The van der Waals surface area contributed by atoms with Crippen LogP contribution in [-0.2, 0) is 14.6 Å². The Morgan fingerprint density at radius 2 is 1.88 bits per heavy atom. The summed E-state index contributed by atoms with van der Waals surface area (Å²) in [6, 6.07) is 8.27. The normalized spacial score (nSPS) is 21.9. The van der Waals surface area contributed by atoms with E-state index >= 15 is 0 Å². The quantitative estimate of drug-likeness (QED) is 0.601. The molecule has 0 bridgehead atoms. The number of halogens is 1. The standard InChI is InChI=1S/C22H22ClN3O5S/c23-15-3-6-19-18(10-15)26-22(31-19)13-1-4-16(5-2-13)25-21(27)14-7-8-24-20(9-14)32(28,29)17-11-30-12-17/h3,6-10,13,16-17H,1-2,4-5,11-12H2,(H,25,27). The number of amides is 1. The number of nitrogens with one attached hydrogen (secondary N) is 1. The number of pyridine rings is 1. The molecule has 1 amide bonds. The van der Waals surface area contributed by atoms with Crippen molar-refractivity contribution in [2.24, 2.45) is 0 Å². The highest BCUT2D eigenvalue weighted by Gasteiger charge is 2.35. The van der Waals surface area contributed by atoms with Crippen LogP contribution in [0.3, 0.4) is 0 Å². The van der Waals surface area contributed by atoms with Crippen molar-refractivity contribution in [2.45, 2.75) is 47.9 Å². The van der Waals surface area contributed by atoms with E-state index in [0.29, 0.717) is 10.9 Å². The number of rotatable bonds is 5. The summed E-state index contributed by atoms with van der Waals surface area (Å²) < 4.78 is 36.0. The Morgan fingerprint density at radius 3 is 2.59 bits per heavy atom. The lowest BCUT2D eigenvalue weighted by Crippen LogP contribution is -2.41. The van der Waals surface area contributed by atoms with Gasteiger partial charge in [0, 0.05) is 28.7 Å². The first kappa shape index (κ1) is 21.4. The van der Waals surface area contributed by atoms with Crippen molar-refractivity contribution in [1.29, 1.82) is 0 Å². The predicted octanol–water partition coefficient (Wildman–Crippen LogP) is 3.50. The molecule has 0 atom stereocenters. The van der Waals surface area contributed by atoms with Gasteiger partial charge in [0.05, 0.1) is 13.2 Å². The first-order valence-electron chi connectivity index (χ1n) is 10.5. The molecule has 168 valence electrons. The number of hydrogen-bond acceptors (Lipinski definition) is 7. The number of sulfone groups is 1. The molecule has 8 nitrogen and oxygen atoms in total. The van der Waals surface area contributed by atoms with Gasteiger partial charge in [0.25, 0.3) is 5.91 Å². The highest BCUT2D eigenvalue weighted by atomic mass is 35.5. The molecule has 0 radical (unpaired) electrons. The summed E-state index contributed by atoms with van der Waals surface area (Å²) in [5.41, 5.74) is 1.76. The smallest absolute Gasteiger partial charge is 0.251 e. The van der Waals surface area contributed by atoms with Crippen molar-refractivity contribution < 1.29 is 22.4 Å². The van der Waals surface area contributed by atoms with Gasteiger partial charge in [-0.05, 0) is 56.0 Å². The Morgan fingerprint density at radius 1 is 1.09 bits per heavy atom. The Hall–Kier alpha value is -2.49. The molecule has 1 aliphatic carbocycles. The van der Waals surface area contributed by atoms with Crippen LogP contribution in [0.2, 0.25) is 5.02 Å². The summed E-state index contributed by atoms with van der Waals surface area (Å²) in [5.74, 6) is 0.598. The van der Waals surface area contributed by atoms with Gasteiger partial charge in [-0.3, -0.25) is 4.79 Å². The fourth-order valence-corrected chi connectivity index (χ4v) is 5.67. The maximum atomic E-state index is 12.7. The lowest BCUT2D eigenvalue weighted by molar-refractivity contribution is 0.0415. The van der Waals surface area contributed by atoms with Crippen molar-refractivity contribution >= 4 is 38.4 Å². The molecule has 3 aromatic rings. The first-order chi connectivity index (χ1) is 15.4. The van der Waals surface area contributed by atoms with Crippen LogP contribution in [0.15, 0.2) is 46.0 Å². The van der Waals surface area contributed by atoms with Gasteiger partial charge in [-0.25, -0.2) is 18.4 Å². The zero-order valence-corrected chi connectivity index (χ0v) is 18.7. The van der Waals surface area contributed by atoms with Crippen LogP contribution in [0.25, 0.3) is 11.1 Å². The van der Waals surface area contributed by atoms with Crippen LogP contribution in [0, 0.1) is 0 Å².